The number of hydrogen-bond donors (Lipinski definition) is 1. The van der Waals surface area contributed by atoms with Crippen molar-refractivity contribution in [1.82, 2.24) is 0 Å². The molecule has 1 N–H and O–H groups in total. The van der Waals surface area contributed by atoms with Gasteiger partial charge in [0.2, 0.25) is 0 Å². The number of ether oxygens (including phenoxy) is 1. The number of anilines is 1. The van der Waals surface area contributed by atoms with Crippen LogP contribution in [0.4, 0.5) is 5.69 Å². The molecule has 3 aromatic carbocycles. The first-order chi connectivity index (χ1) is 15.9. The number of carbonyl (C=O) groups is 2. The number of benzene rings is 3. The average Bonchev–Trinajstić information content (AvgIpc) is 3.08. The fraction of sp³-hybridized carbons (Fsp3) is 0.214. The maximum atomic E-state index is 13.3. The fourth-order valence-corrected chi connectivity index (χ4v) is 4.25. The molecule has 1 saturated heterocycles. The number of nitrogens with zero attached hydrogens (tertiary/aromatic N) is 1. The van der Waals surface area contributed by atoms with Crippen molar-refractivity contribution in [3.05, 3.63) is 101 Å². The van der Waals surface area contributed by atoms with Gasteiger partial charge in [0.1, 0.15) is 11.5 Å². The maximum absolute atomic E-state index is 13.3. The molecule has 33 heavy (non-hydrogen) atoms. The first kappa shape index (κ1) is 22.3. The molecule has 3 aromatic rings. The van der Waals surface area contributed by atoms with E-state index in [1.165, 1.54) is 4.90 Å². The minimum Gasteiger partial charge on any atom is -0.507 e. The number of ketones is 1. The lowest BCUT2D eigenvalue weighted by molar-refractivity contribution is -0.132. The van der Waals surface area contributed by atoms with E-state index in [9.17, 15) is 14.7 Å². The highest BCUT2D eigenvalue weighted by Crippen LogP contribution is 2.42. The van der Waals surface area contributed by atoms with Crippen molar-refractivity contribution in [3.63, 3.8) is 0 Å². The van der Waals surface area contributed by atoms with Crippen molar-refractivity contribution < 1.29 is 19.4 Å². The van der Waals surface area contributed by atoms with Crippen LogP contribution in [0.3, 0.4) is 0 Å². The number of amides is 1. The van der Waals surface area contributed by atoms with Crippen molar-refractivity contribution in [2.24, 2.45) is 0 Å². The van der Waals surface area contributed by atoms with Gasteiger partial charge in [-0.05, 0) is 61.2 Å². The normalized spacial score (nSPS) is 17.4. The van der Waals surface area contributed by atoms with Crippen LogP contribution in [0.5, 0.6) is 5.75 Å². The number of rotatable bonds is 6. The van der Waals surface area contributed by atoms with E-state index in [1.54, 1.807) is 24.3 Å². The first-order valence-corrected chi connectivity index (χ1v) is 11.1. The molecule has 0 radical (unpaired) electrons. The largest absolute Gasteiger partial charge is 0.507 e. The minimum atomic E-state index is -0.743. The fourth-order valence-electron chi connectivity index (χ4n) is 4.25. The molecule has 1 fully saturated rings. The van der Waals surface area contributed by atoms with Crippen LogP contribution >= 0.6 is 0 Å². The number of aliphatic hydroxyl groups is 1. The molecule has 5 nitrogen and oxygen atoms in total. The zero-order valence-electron chi connectivity index (χ0n) is 19.0. The summed E-state index contributed by atoms with van der Waals surface area (Å²) in [6.45, 7) is 6.46. The predicted octanol–water partition coefficient (Wildman–Crippen LogP) is 5.72. The number of aliphatic hydroxyl groups excluding tert-OH is 1. The Labute approximate surface area is 193 Å². The van der Waals surface area contributed by atoms with E-state index in [0.29, 0.717) is 23.6 Å². The predicted molar refractivity (Wildman–Crippen MR) is 129 cm³/mol. The Hall–Kier alpha value is -3.86. The van der Waals surface area contributed by atoms with Crippen LogP contribution in [-0.2, 0) is 9.59 Å². The molecule has 0 saturated carbocycles. The molecular formula is C28H27NO4. The van der Waals surface area contributed by atoms with Gasteiger partial charge in [-0.15, -0.1) is 0 Å². The van der Waals surface area contributed by atoms with Crippen LogP contribution in [0.25, 0.3) is 5.76 Å². The molecule has 5 heteroatoms. The highest BCUT2D eigenvalue weighted by Gasteiger charge is 2.47. The van der Waals surface area contributed by atoms with Crippen molar-refractivity contribution in [2.75, 3.05) is 11.5 Å². The number of Topliss-reactive ketones (excluding diaryl/α,β-unsaturated/α-hetero) is 1. The molecule has 1 unspecified atom stereocenters. The Balaban J connectivity index is 1.89. The summed E-state index contributed by atoms with van der Waals surface area (Å²) in [6, 6.07) is 21.3. The standard InChI is InChI=1S/C28H27NO4/c1-4-13-33-23-12-8-11-21(17-23)26(30)24-25(20-9-6-5-7-10-20)29(28(32)27(24)31)22-15-18(2)14-19(3)16-22/h5-12,14-17,25,30H,4,13H2,1-3H3/b26-24+. The number of hydrogen-bond acceptors (Lipinski definition) is 4. The smallest absolute Gasteiger partial charge is 0.300 e. The first-order valence-electron chi connectivity index (χ1n) is 11.1. The molecular weight excluding hydrogens is 414 g/mol. The quantitative estimate of drug-likeness (QED) is 0.302. The van der Waals surface area contributed by atoms with E-state index >= 15 is 0 Å². The Morgan fingerprint density at radius 2 is 1.64 bits per heavy atom. The van der Waals surface area contributed by atoms with E-state index in [0.717, 1.165) is 23.1 Å². The van der Waals surface area contributed by atoms with Crippen LogP contribution in [-0.4, -0.2) is 23.4 Å². The van der Waals surface area contributed by atoms with Gasteiger partial charge in [-0.2, -0.15) is 0 Å². The Kier molecular flexibility index (Phi) is 6.31. The third-order valence-corrected chi connectivity index (χ3v) is 5.62. The topological polar surface area (TPSA) is 66.8 Å². The molecule has 1 heterocycles. The minimum absolute atomic E-state index is 0.0676. The van der Waals surface area contributed by atoms with E-state index in [2.05, 4.69) is 0 Å². The monoisotopic (exact) mass is 441 g/mol. The van der Waals surface area contributed by atoms with E-state index in [-0.39, 0.29) is 11.3 Å². The van der Waals surface area contributed by atoms with Gasteiger partial charge < -0.3 is 9.84 Å². The lowest BCUT2D eigenvalue weighted by Crippen LogP contribution is -2.29. The van der Waals surface area contributed by atoms with Crippen LogP contribution in [0.1, 0.15) is 41.6 Å². The molecule has 1 atom stereocenters. The van der Waals surface area contributed by atoms with Crippen molar-refractivity contribution in [3.8, 4) is 5.75 Å². The van der Waals surface area contributed by atoms with Crippen molar-refractivity contribution >= 4 is 23.1 Å². The van der Waals surface area contributed by atoms with Gasteiger partial charge in [-0.1, -0.05) is 55.5 Å². The number of aryl methyl sites for hydroxylation is 2. The van der Waals surface area contributed by atoms with Crippen LogP contribution in [0, 0.1) is 13.8 Å². The molecule has 0 bridgehead atoms. The second kappa shape index (κ2) is 9.33. The zero-order valence-corrected chi connectivity index (χ0v) is 19.0. The highest BCUT2D eigenvalue weighted by molar-refractivity contribution is 6.51. The molecule has 1 aliphatic heterocycles. The summed E-state index contributed by atoms with van der Waals surface area (Å²) in [4.78, 5) is 28.0. The lowest BCUT2D eigenvalue weighted by Gasteiger charge is -2.26. The van der Waals surface area contributed by atoms with Crippen LogP contribution in [0.2, 0.25) is 0 Å². The Bertz CT molecular complexity index is 1210. The van der Waals surface area contributed by atoms with E-state index in [4.69, 9.17) is 4.74 Å². The van der Waals surface area contributed by atoms with Gasteiger partial charge in [0.15, 0.2) is 0 Å². The second-order valence-corrected chi connectivity index (χ2v) is 8.30. The second-order valence-electron chi connectivity index (χ2n) is 8.30. The summed E-state index contributed by atoms with van der Waals surface area (Å²) in [5, 5.41) is 11.3. The summed E-state index contributed by atoms with van der Waals surface area (Å²) in [7, 11) is 0. The van der Waals surface area contributed by atoms with Gasteiger partial charge in [-0.3, -0.25) is 14.5 Å². The summed E-state index contributed by atoms with van der Waals surface area (Å²) in [5.74, 6) is -0.981. The van der Waals surface area contributed by atoms with Gasteiger partial charge in [0.25, 0.3) is 11.7 Å². The Morgan fingerprint density at radius 3 is 2.30 bits per heavy atom. The molecule has 0 aliphatic carbocycles. The summed E-state index contributed by atoms with van der Waals surface area (Å²) >= 11 is 0. The van der Waals surface area contributed by atoms with Crippen LogP contribution < -0.4 is 9.64 Å². The molecule has 168 valence electrons. The van der Waals surface area contributed by atoms with Gasteiger partial charge in [0.05, 0.1) is 18.2 Å². The van der Waals surface area contributed by atoms with Gasteiger partial charge >= 0.3 is 0 Å². The maximum Gasteiger partial charge on any atom is 0.300 e. The van der Waals surface area contributed by atoms with Gasteiger partial charge in [-0.25, -0.2) is 0 Å². The summed E-state index contributed by atoms with van der Waals surface area (Å²) < 4.78 is 5.69. The van der Waals surface area contributed by atoms with Crippen molar-refractivity contribution in [1.29, 1.82) is 0 Å². The molecule has 4 rings (SSSR count). The highest BCUT2D eigenvalue weighted by atomic mass is 16.5. The molecule has 0 spiro atoms. The molecule has 0 aromatic heterocycles. The third-order valence-electron chi connectivity index (χ3n) is 5.62. The molecule has 1 amide bonds. The van der Waals surface area contributed by atoms with Crippen molar-refractivity contribution in [2.45, 2.75) is 33.2 Å². The lowest BCUT2D eigenvalue weighted by atomic mass is 9.95. The van der Waals surface area contributed by atoms with Crippen LogP contribution in [0.15, 0.2) is 78.4 Å². The zero-order chi connectivity index (χ0) is 23.5. The Morgan fingerprint density at radius 1 is 0.939 bits per heavy atom. The van der Waals surface area contributed by atoms with E-state index in [1.807, 2.05) is 69.3 Å². The molecule has 1 aliphatic rings. The number of carbonyl (C=O) groups excluding carboxylic acids is 2. The third kappa shape index (κ3) is 4.40. The summed E-state index contributed by atoms with van der Waals surface area (Å²) in [6.07, 6.45) is 0.852. The summed E-state index contributed by atoms with van der Waals surface area (Å²) in [5.41, 5.74) is 3.85. The van der Waals surface area contributed by atoms with Gasteiger partial charge in [0, 0.05) is 11.3 Å². The average molecular weight is 442 g/mol. The van der Waals surface area contributed by atoms with E-state index < -0.39 is 17.7 Å². The SMILES string of the molecule is CCCOc1cccc(/C(O)=C2\C(=O)C(=O)N(c3cc(C)cc(C)c3)C2c2ccccc2)c1.